The normalized spacial score (nSPS) is 11.5. The Morgan fingerprint density at radius 1 is 1.55 bits per heavy atom. The van der Waals surface area contributed by atoms with Gasteiger partial charge in [-0.15, -0.1) is 0 Å². The minimum atomic E-state index is -1.99. The fraction of sp³-hybridized carbons (Fsp3) is 0.833. The number of amidine groups is 1. The van der Waals surface area contributed by atoms with Crippen molar-refractivity contribution < 1.29 is 4.57 Å². The first kappa shape index (κ1) is 11.1. The molecule has 0 aromatic rings. The molecule has 3 nitrogen and oxygen atoms in total. The van der Waals surface area contributed by atoms with Crippen LogP contribution in [0.1, 0.15) is 13.8 Å². The molecule has 0 aliphatic heterocycles. The maximum absolute atomic E-state index is 11.7. The van der Waals surface area contributed by atoms with E-state index in [1.165, 1.54) is 11.8 Å². The second-order valence-corrected chi connectivity index (χ2v) is 7.47. The molecular weight excluding hydrogens is 179 g/mol. The van der Waals surface area contributed by atoms with Crippen molar-refractivity contribution in [2.24, 2.45) is 5.73 Å². The van der Waals surface area contributed by atoms with Crippen LogP contribution >= 0.6 is 18.9 Å². The SMILES string of the molecule is CCP(=O)(CC)CSC(=N)N. The van der Waals surface area contributed by atoms with Crippen molar-refractivity contribution in [2.75, 3.05) is 17.8 Å². The lowest BCUT2D eigenvalue weighted by Crippen LogP contribution is -2.05. The minimum absolute atomic E-state index is 0.0622. The smallest absolute Gasteiger partial charge is 0.151 e. The molecule has 66 valence electrons. The fourth-order valence-corrected chi connectivity index (χ4v) is 4.00. The van der Waals surface area contributed by atoms with Crippen molar-refractivity contribution in [3.05, 3.63) is 0 Å². The van der Waals surface area contributed by atoms with Gasteiger partial charge in [0.1, 0.15) is 0 Å². The second-order valence-electron chi connectivity index (χ2n) is 2.33. The summed E-state index contributed by atoms with van der Waals surface area (Å²) >= 11 is 1.19. The van der Waals surface area contributed by atoms with E-state index < -0.39 is 7.14 Å². The molecule has 3 N–H and O–H groups in total. The van der Waals surface area contributed by atoms with Crippen LogP contribution in [0.5, 0.6) is 0 Å². The molecule has 0 bridgehead atoms. The molecule has 0 aromatic carbocycles. The molecule has 0 heterocycles. The first-order valence-corrected chi connectivity index (χ1v) is 6.83. The summed E-state index contributed by atoms with van der Waals surface area (Å²) in [6, 6.07) is 0. The molecular formula is C6H15N2OPS. The molecule has 0 unspecified atom stereocenters. The van der Waals surface area contributed by atoms with E-state index in [2.05, 4.69) is 0 Å². The van der Waals surface area contributed by atoms with Gasteiger partial charge in [-0.05, 0) is 12.3 Å². The number of thioether (sulfide) groups is 1. The summed E-state index contributed by atoms with van der Waals surface area (Å²) in [5.74, 6) is 0. The van der Waals surface area contributed by atoms with E-state index in [-0.39, 0.29) is 5.17 Å². The predicted octanol–water partition coefficient (Wildman–Crippen LogP) is 1.97. The highest BCUT2D eigenvalue weighted by molar-refractivity contribution is 8.17. The Hall–Kier alpha value is 0.0500. The number of rotatable bonds is 4. The quantitative estimate of drug-likeness (QED) is 0.408. The van der Waals surface area contributed by atoms with Gasteiger partial charge < -0.3 is 10.3 Å². The summed E-state index contributed by atoms with van der Waals surface area (Å²) in [5.41, 5.74) is 5.66. The molecule has 0 saturated heterocycles. The van der Waals surface area contributed by atoms with Crippen molar-refractivity contribution in [1.29, 1.82) is 5.41 Å². The lowest BCUT2D eigenvalue weighted by atomic mass is 11.0. The van der Waals surface area contributed by atoms with Crippen molar-refractivity contribution in [1.82, 2.24) is 0 Å². The Morgan fingerprint density at radius 3 is 2.27 bits per heavy atom. The van der Waals surface area contributed by atoms with E-state index in [9.17, 15) is 4.57 Å². The number of nitrogens with two attached hydrogens (primary N) is 1. The van der Waals surface area contributed by atoms with Crippen LogP contribution in [0, 0.1) is 5.41 Å². The zero-order valence-corrected chi connectivity index (χ0v) is 8.67. The molecule has 0 radical (unpaired) electrons. The highest BCUT2D eigenvalue weighted by atomic mass is 32.2. The highest BCUT2D eigenvalue weighted by Crippen LogP contribution is 2.47. The Morgan fingerprint density at radius 2 is 2.00 bits per heavy atom. The Labute approximate surface area is 72.0 Å². The van der Waals surface area contributed by atoms with Crippen LogP contribution in [0.2, 0.25) is 0 Å². The third-order valence-corrected chi connectivity index (χ3v) is 6.62. The van der Waals surface area contributed by atoms with Gasteiger partial charge in [0.05, 0.1) is 12.6 Å². The maximum atomic E-state index is 11.7. The van der Waals surface area contributed by atoms with Gasteiger partial charge in [0.25, 0.3) is 0 Å². The van der Waals surface area contributed by atoms with Gasteiger partial charge in [-0.2, -0.15) is 0 Å². The summed E-state index contributed by atoms with van der Waals surface area (Å²) in [5, 5.41) is 7.01. The van der Waals surface area contributed by atoms with Crippen LogP contribution in [0.15, 0.2) is 0 Å². The largest absolute Gasteiger partial charge is 0.379 e. The summed E-state index contributed by atoms with van der Waals surface area (Å²) in [6.07, 6.45) is 1.42. The topological polar surface area (TPSA) is 66.9 Å². The minimum Gasteiger partial charge on any atom is -0.379 e. The van der Waals surface area contributed by atoms with Crippen LogP contribution in [0.4, 0.5) is 0 Å². The second kappa shape index (κ2) is 4.83. The van der Waals surface area contributed by atoms with Gasteiger partial charge in [0.2, 0.25) is 0 Å². The van der Waals surface area contributed by atoms with Gasteiger partial charge in [-0.1, -0.05) is 25.6 Å². The van der Waals surface area contributed by atoms with Crippen molar-refractivity contribution in [2.45, 2.75) is 13.8 Å². The predicted molar refractivity (Wildman–Crippen MR) is 53.1 cm³/mol. The summed E-state index contributed by atoms with van der Waals surface area (Å²) < 4.78 is 11.7. The molecule has 0 saturated carbocycles. The highest BCUT2D eigenvalue weighted by Gasteiger charge is 2.16. The molecule has 0 amide bonds. The molecule has 0 fully saturated rings. The Kier molecular flexibility index (Phi) is 4.86. The van der Waals surface area contributed by atoms with Gasteiger partial charge >= 0.3 is 0 Å². The third-order valence-electron chi connectivity index (χ3n) is 1.61. The van der Waals surface area contributed by atoms with E-state index in [0.29, 0.717) is 17.8 Å². The molecule has 5 heteroatoms. The lowest BCUT2D eigenvalue weighted by Gasteiger charge is -2.11. The molecule has 11 heavy (non-hydrogen) atoms. The summed E-state index contributed by atoms with van der Waals surface area (Å²) in [7, 11) is -1.99. The van der Waals surface area contributed by atoms with Crippen molar-refractivity contribution in [3.8, 4) is 0 Å². The van der Waals surface area contributed by atoms with Crippen LogP contribution < -0.4 is 5.73 Å². The molecule has 0 aromatic heterocycles. The fourth-order valence-electron chi connectivity index (χ4n) is 0.593. The molecule has 0 spiro atoms. The van der Waals surface area contributed by atoms with Gasteiger partial charge in [0, 0.05) is 0 Å². The van der Waals surface area contributed by atoms with Crippen LogP contribution in [0.25, 0.3) is 0 Å². The van der Waals surface area contributed by atoms with E-state index in [1.807, 2.05) is 13.8 Å². The average molecular weight is 194 g/mol. The number of hydrogen-bond donors (Lipinski definition) is 2. The van der Waals surface area contributed by atoms with Crippen LogP contribution in [0.3, 0.4) is 0 Å². The standard InChI is InChI=1S/C6H15N2OPS/c1-3-10(9,4-2)5-11-6(7)8/h3-5H2,1-2H3,(H3,7,8). The van der Waals surface area contributed by atoms with Crippen molar-refractivity contribution >= 4 is 24.1 Å². The monoisotopic (exact) mass is 194 g/mol. The van der Waals surface area contributed by atoms with Gasteiger partial charge in [-0.25, -0.2) is 0 Å². The van der Waals surface area contributed by atoms with E-state index in [1.54, 1.807) is 0 Å². The Balaban J connectivity index is 3.89. The molecule has 0 atom stereocenters. The molecule has 0 rings (SSSR count). The van der Waals surface area contributed by atoms with Crippen molar-refractivity contribution in [3.63, 3.8) is 0 Å². The van der Waals surface area contributed by atoms with Crippen LogP contribution in [-0.4, -0.2) is 23.0 Å². The summed E-state index contributed by atoms with van der Waals surface area (Å²) in [4.78, 5) is 0. The Bertz CT molecular complexity index is 175. The van der Waals surface area contributed by atoms with E-state index in [4.69, 9.17) is 11.1 Å². The molecule has 0 aliphatic rings. The maximum Gasteiger partial charge on any atom is 0.151 e. The van der Waals surface area contributed by atoms with E-state index >= 15 is 0 Å². The zero-order valence-electron chi connectivity index (χ0n) is 6.96. The summed E-state index contributed by atoms with van der Waals surface area (Å²) in [6.45, 7) is 3.84. The van der Waals surface area contributed by atoms with Gasteiger partial charge in [0.15, 0.2) is 5.17 Å². The third kappa shape index (κ3) is 4.49. The lowest BCUT2D eigenvalue weighted by molar-refractivity contribution is 0.579. The first-order chi connectivity index (χ1) is 5.04. The zero-order chi connectivity index (χ0) is 8.91. The van der Waals surface area contributed by atoms with Crippen LogP contribution in [-0.2, 0) is 4.57 Å². The number of hydrogen-bond acceptors (Lipinski definition) is 3. The van der Waals surface area contributed by atoms with E-state index in [0.717, 1.165) is 0 Å². The number of nitrogens with one attached hydrogen (secondary N) is 1. The first-order valence-electron chi connectivity index (χ1n) is 3.58. The average Bonchev–Trinajstić information content (AvgIpc) is 2.00. The molecule has 0 aliphatic carbocycles. The van der Waals surface area contributed by atoms with Gasteiger partial charge in [-0.3, -0.25) is 5.41 Å².